The Morgan fingerprint density at radius 1 is 1.16 bits per heavy atom. The van der Waals surface area contributed by atoms with Crippen molar-refractivity contribution < 1.29 is 14.2 Å². The van der Waals surface area contributed by atoms with E-state index in [1.165, 1.54) is 0 Å². The van der Waals surface area contributed by atoms with Crippen LogP contribution in [0, 0.1) is 12.8 Å². The van der Waals surface area contributed by atoms with Crippen molar-refractivity contribution in [2.75, 3.05) is 39.7 Å². The van der Waals surface area contributed by atoms with Gasteiger partial charge in [-0.1, -0.05) is 11.6 Å². The molecule has 1 saturated heterocycles. The second kappa shape index (κ2) is 9.11. The number of anilines is 1. The van der Waals surface area contributed by atoms with Gasteiger partial charge in [0.15, 0.2) is 0 Å². The Morgan fingerprint density at radius 3 is 2.61 bits per heavy atom. The molecule has 3 aromatic rings. The number of rotatable bonds is 6. The number of halogens is 1. The standard InChI is InChI=1S/C22H25ClN5O3/c1-12-16(29-2)9-17(30-3)19(23)18(12)15-8-14-11-26-22(24)28-20(14)21(27-15)25-10-13-4-6-31-7-5-13/h8-9,11,13H,4-7,10H2,1-3H3,(H2-,24,25,26,27,28)/q-1. The molecule has 1 aliphatic heterocycles. The Labute approximate surface area is 186 Å². The van der Waals surface area contributed by atoms with Crippen molar-refractivity contribution in [3.05, 3.63) is 34.2 Å². The van der Waals surface area contributed by atoms with Gasteiger partial charge in [0.05, 0.1) is 24.8 Å². The van der Waals surface area contributed by atoms with E-state index in [1.54, 1.807) is 26.5 Å². The highest BCUT2D eigenvalue weighted by Crippen LogP contribution is 2.43. The number of hydrogen-bond donors (Lipinski definition) is 1. The molecule has 31 heavy (non-hydrogen) atoms. The lowest BCUT2D eigenvalue weighted by atomic mass is 10.0. The summed E-state index contributed by atoms with van der Waals surface area (Å²) in [6.07, 6.45) is 3.64. The zero-order valence-corrected chi connectivity index (χ0v) is 18.6. The first-order valence-electron chi connectivity index (χ1n) is 10.1. The smallest absolute Gasteiger partial charge is 0.220 e. The number of aromatic nitrogens is 3. The van der Waals surface area contributed by atoms with Crippen molar-refractivity contribution >= 4 is 34.3 Å². The van der Waals surface area contributed by atoms with Crippen LogP contribution in [0.15, 0.2) is 18.3 Å². The van der Waals surface area contributed by atoms with Gasteiger partial charge in [0, 0.05) is 42.0 Å². The summed E-state index contributed by atoms with van der Waals surface area (Å²) >= 11 is 6.69. The summed E-state index contributed by atoms with van der Waals surface area (Å²) in [7, 11) is 3.18. The highest BCUT2D eigenvalue weighted by Gasteiger charge is 2.18. The number of benzene rings is 1. The highest BCUT2D eigenvalue weighted by molar-refractivity contribution is 6.35. The van der Waals surface area contributed by atoms with Crippen LogP contribution in [0.1, 0.15) is 18.4 Å². The van der Waals surface area contributed by atoms with Gasteiger partial charge in [-0.2, -0.15) is 0 Å². The number of nitrogens with two attached hydrogens (primary N) is 1. The Balaban J connectivity index is 1.83. The lowest BCUT2D eigenvalue weighted by molar-refractivity contribution is 0.0705. The number of methoxy groups -OCH3 is 2. The summed E-state index contributed by atoms with van der Waals surface area (Å²) in [6, 6.07) is 3.65. The van der Waals surface area contributed by atoms with Gasteiger partial charge in [-0.15, -0.1) is 0 Å². The van der Waals surface area contributed by atoms with Crippen LogP contribution in [0.5, 0.6) is 11.5 Å². The average molecular weight is 443 g/mol. The van der Waals surface area contributed by atoms with Gasteiger partial charge in [-0.3, -0.25) is 0 Å². The Morgan fingerprint density at radius 2 is 1.90 bits per heavy atom. The summed E-state index contributed by atoms with van der Waals surface area (Å²) in [5.41, 5.74) is 8.68. The maximum absolute atomic E-state index is 6.69. The van der Waals surface area contributed by atoms with Gasteiger partial charge < -0.3 is 30.2 Å². The van der Waals surface area contributed by atoms with Crippen LogP contribution in [-0.2, 0) is 4.74 Å². The third-order valence-corrected chi connectivity index (χ3v) is 5.92. The minimum atomic E-state index is 0.182. The number of nitrogen functional groups attached to an aromatic ring is 1. The molecule has 0 spiro atoms. The fourth-order valence-corrected chi connectivity index (χ4v) is 4.16. The molecular weight excluding hydrogens is 418 g/mol. The van der Waals surface area contributed by atoms with E-state index in [-0.39, 0.29) is 5.95 Å². The van der Waals surface area contributed by atoms with Crippen molar-refractivity contribution in [1.82, 2.24) is 15.0 Å². The Bertz CT molecular complexity index is 1070. The second-order valence-electron chi connectivity index (χ2n) is 7.49. The molecule has 0 unspecified atom stereocenters. The van der Waals surface area contributed by atoms with Crippen molar-refractivity contribution in [3.8, 4) is 22.8 Å². The van der Waals surface area contributed by atoms with Crippen molar-refractivity contribution in [1.29, 1.82) is 0 Å². The first-order chi connectivity index (χ1) is 15.0. The monoisotopic (exact) mass is 442 g/mol. The summed E-state index contributed by atoms with van der Waals surface area (Å²) < 4.78 is 16.4. The van der Waals surface area contributed by atoms with Crippen molar-refractivity contribution in [2.45, 2.75) is 19.8 Å². The third-order valence-electron chi connectivity index (χ3n) is 5.54. The van der Waals surface area contributed by atoms with E-state index in [4.69, 9.17) is 41.8 Å². The lowest BCUT2D eigenvalue weighted by Gasteiger charge is -2.27. The van der Waals surface area contributed by atoms with E-state index in [9.17, 15) is 0 Å². The molecule has 0 bridgehead atoms. The molecule has 4 rings (SSSR count). The van der Waals surface area contributed by atoms with Crippen molar-refractivity contribution in [3.63, 3.8) is 0 Å². The molecule has 0 atom stereocenters. The third kappa shape index (κ3) is 4.31. The summed E-state index contributed by atoms with van der Waals surface area (Å²) in [5.74, 6) is 2.32. The molecule has 2 N–H and O–H groups in total. The summed E-state index contributed by atoms with van der Waals surface area (Å²) in [5, 5.41) is 6.05. The summed E-state index contributed by atoms with van der Waals surface area (Å²) in [4.78, 5) is 13.4. The van der Waals surface area contributed by atoms with Gasteiger partial charge in [-0.05, 0) is 49.8 Å². The molecule has 164 valence electrons. The van der Waals surface area contributed by atoms with Gasteiger partial charge in [0.25, 0.3) is 0 Å². The zero-order chi connectivity index (χ0) is 22.0. The molecule has 0 saturated carbocycles. The molecule has 0 amide bonds. The second-order valence-corrected chi connectivity index (χ2v) is 7.87. The van der Waals surface area contributed by atoms with E-state index in [0.29, 0.717) is 46.0 Å². The SMILES string of the molecule is COc1cc(OC)c(Cl)c(-c2cc3cnc(N)nc3c([N-]CC3CCOCC3)n2)c1C. The lowest BCUT2D eigenvalue weighted by Crippen LogP contribution is -2.18. The van der Waals surface area contributed by atoms with Crippen LogP contribution in [-0.4, -0.2) is 48.9 Å². The summed E-state index contributed by atoms with van der Waals surface area (Å²) in [6.45, 7) is 4.11. The fourth-order valence-electron chi connectivity index (χ4n) is 3.79. The van der Waals surface area contributed by atoms with Crippen LogP contribution in [0.4, 0.5) is 11.8 Å². The van der Waals surface area contributed by atoms with Crippen LogP contribution >= 0.6 is 11.6 Å². The Kier molecular flexibility index (Phi) is 6.29. The molecule has 8 nitrogen and oxygen atoms in total. The quantitative estimate of drug-likeness (QED) is 0.590. The van der Waals surface area contributed by atoms with E-state index in [0.717, 1.165) is 42.6 Å². The van der Waals surface area contributed by atoms with E-state index < -0.39 is 0 Å². The minimum Gasteiger partial charge on any atom is -0.496 e. The maximum atomic E-state index is 6.69. The molecule has 0 radical (unpaired) electrons. The molecular formula is C22H25ClN5O3-. The Hall–Kier alpha value is -2.84. The van der Waals surface area contributed by atoms with Crippen LogP contribution in [0.2, 0.25) is 5.02 Å². The zero-order valence-electron chi connectivity index (χ0n) is 17.8. The highest BCUT2D eigenvalue weighted by atomic mass is 35.5. The van der Waals surface area contributed by atoms with E-state index in [1.807, 2.05) is 13.0 Å². The van der Waals surface area contributed by atoms with E-state index in [2.05, 4.69) is 9.97 Å². The average Bonchev–Trinajstić information content (AvgIpc) is 2.78. The van der Waals surface area contributed by atoms with Crippen LogP contribution < -0.4 is 15.2 Å². The molecule has 0 aliphatic carbocycles. The number of hydrogen-bond acceptors (Lipinski definition) is 7. The first kappa shape index (κ1) is 21.4. The number of pyridine rings is 1. The number of fused-ring (bicyclic) bond motifs is 1. The fraction of sp³-hybridized carbons (Fsp3) is 0.409. The predicted molar refractivity (Wildman–Crippen MR) is 121 cm³/mol. The normalized spacial score (nSPS) is 14.6. The first-order valence-corrected chi connectivity index (χ1v) is 10.5. The minimum absolute atomic E-state index is 0.182. The predicted octanol–water partition coefficient (Wildman–Crippen LogP) is 4.68. The number of ether oxygens (including phenoxy) is 3. The number of nitrogens with zero attached hydrogens (tertiary/aromatic N) is 4. The maximum Gasteiger partial charge on any atom is 0.220 e. The van der Waals surface area contributed by atoms with Crippen LogP contribution in [0.25, 0.3) is 27.5 Å². The van der Waals surface area contributed by atoms with Crippen LogP contribution in [0.3, 0.4) is 0 Å². The molecule has 1 fully saturated rings. The van der Waals surface area contributed by atoms with Gasteiger partial charge in [0.2, 0.25) is 5.95 Å². The molecule has 1 aliphatic rings. The molecule has 1 aromatic carbocycles. The topological polar surface area (TPSA) is 106 Å². The van der Waals surface area contributed by atoms with Gasteiger partial charge in [-0.25, -0.2) is 9.97 Å². The molecule has 3 heterocycles. The van der Waals surface area contributed by atoms with Crippen molar-refractivity contribution in [2.24, 2.45) is 5.92 Å². The molecule has 9 heteroatoms. The van der Waals surface area contributed by atoms with Gasteiger partial charge >= 0.3 is 0 Å². The molecule has 2 aromatic heterocycles. The van der Waals surface area contributed by atoms with Gasteiger partial charge in [0.1, 0.15) is 11.5 Å². The largest absolute Gasteiger partial charge is 0.496 e. The van der Waals surface area contributed by atoms with E-state index >= 15 is 0 Å².